The van der Waals surface area contributed by atoms with Crippen LogP contribution in [0.15, 0.2) is 30.5 Å². The fraction of sp³-hybridized carbons (Fsp3) is 0.421. The van der Waals surface area contributed by atoms with Crippen LogP contribution in [0.1, 0.15) is 42.9 Å². The first-order valence-corrected chi connectivity index (χ1v) is 8.90. The van der Waals surface area contributed by atoms with Gasteiger partial charge < -0.3 is 19.9 Å². The molecule has 0 saturated heterocycles. The molecule has 1 atom stereocenters. The topological polar surface area (TPSA) is 103 Å². The summed E-state index contributed by atoms with van der Waals surface area (Å²) in [6.07, 6.45) is 2.11. The van der Waals surface area contributed by atoms with E-state index in [1.54, 1.807) is 6.92 Å². The Hall–Kier alpha value is -3.03. The van der Waals surface area contributed by atoms with Gasteiger partial charge in [-0.15, -0.1) is 0 Å². The molecule has 1 amide bonds. The quantitative estimate of drug-likeness (QED) is 0.661. The van der Waals surface area contributed by atoms with Crippen molar-refractivity contribution in [1.82, 2.24) is 15.1 Å². The Kier molecular flexibility index (Phi) is 7.22. The molecular weight excluding hydrogens is 350 g/mol. The van der Waals surface area contributed by atoms with Crippen LogP contribution in [-0.2, 0) is 11.2 Å². The highest BCUT2D eigenvalue weighted by Crippen LogP contribution is 2.28. The summed E-state index contributed by atoms with van der Waals surface area (Å²) >= 11 is 0. The van der Waals surface area contributed by atoms with Crippen molar-refractivity contribution in [3.8, 4) is 11.5 Å². The molecule has 0 radical (unpaired) electrons. The van der Waals surface area contributed by atoms with E-state index in [1.807, 2.05) is 32.0 Å². The van der Waals surface area contributed by atoms with E-state index in [0.29, 0.717) is 37.7 Å². The summed E-state index contributed by atoms with van der Waals surface area (Å²) in [6, 6.07) is 6.48. The highest BCUT2D eigenvalue weighted by Gasteiger charge is 2.17. The maximum atomic E-state index is 12.3. The number of amides is 1. The maximum Gasteiger partial charge on any atom is 0.356 e. The van der Waals surface area contributed by atoms with Gasteiger partial charge in [-0.25, -0.2) is 4.79 Å². The fourth-order valence-electron chi connectivity index (χ4n) is 2.52. The molecule has 0 aliphatic heterocycles. The number of nitrogens with zero attached hydrogens (tertiary/aromatic N) is 2. The van der Waals surface area contributed by atoms with E-state index in [9.17, 15) is 9.59 Å². The minimum Gasteiger partial charge on any atom is -0.490 e. The molecule has 0 spiro atoms. The lowest BCUT2D eigenvalue weighted by atomic mass is 10.1. The SMILES string of the molecule is CCOc1ccc(CCNC(=O)C(C)n2ccc(C(=O)O)n2)cc1OCC. The molecule has 0 fully saturated rings. The zero-order valence-electron chi connectivity index (χ0n) is 15.8. The molecule has 146 valence electrons. The van der Waals surface area contributed by atoms with Crippen molar-refractivity contribution in [1.29, 1.82) is 0 Å². The third kappa shape index (κ3) is 5.47. The van der Waals surface area contributed by atoms with Gasteiger partial charge in [-0.1, -0.05) is 6.07 Å². The molecule has 27 heavy (non-hydrogen) atoms. The van der Waals surface area contributed by atoms with Crippen molar-refractivity contribution in [2.24, 2.45) is 0 Å². The smallest absolute Gasteiger partial charge is 0.356 e. The second-order valence-corrected chi connectivity index (χ2v) is 5.85. The predicted octanol–water partition coefficient (Wildman–Crippen LogP) is 2.30. The molecule has 1 aromatic heterocycles. The molecule has 0 aliphatic carbocycles. The van der Waals surface area contributed by atoms with Gasteiger partial charge in [0, 0.05) is 12.7 Å². The van der Waals surface area contributed by atoms with Crippen molar-refractivity contribution in [2.45, 2.75) is 33.2 Å². The van der Waals surface area contributed by atoms with Gasteiger partial charge >= 0.3 is 5.97 Å². The fourth-order valence-corrected chi connectivity index (χ4v) is 2.52. The number of carboxylic acid groups (broad SMARTS) is 1. The van der Waals surface area contributed by atoms with E-state index < -0.39 is 12.0 Å². The zero-order chi connectivity index (χ0) is 19.8. The standard InChI is InChI=1S/C19H25N3O5/c1-4-26-16-7-6-14(12-17(16)27-5-2)8-10-20-18(23)13(3)22-11-9-15(21-22)19(24)25/h6-7,9,11-13H,4-5,8,10H2,1-3H3,(H,20,23)(H,24,25). The van der Waals surface area contributed by atoms with Gasteiger partial charge in [0.2, 0.25) is 5.91 Å². The predicted molar refractivity (Wildman–Crippen MR) is 99.4 cm³/mol. The molecule has 1 aromatic carbocycles. The highest BCUT2D eigenvalue weighted by atomic mass is 16.5. The summed E-state index contributed by atoms with van der Waals surface area (Å²) < 4.78 is 12.5. The lowest BCUT2D eigenvalue weighted by Gasteiger charge is -2.14. The van der Waals surface area contributed by atoms with Crippen LogP contribution in [0.5, 0.6) is 11.5 Å². The first kappa shape index (κ1) is 20.3. The molecule has 0 bridgehead atoms. The van der Waals surface area contributed by atoms with Crippen LogP contribution in [-0.4, -0.2) is 46.5 Å². The summed E-state index contributed by atoms with van der Waals surface area (Å²) in [5, 5.41) is 15.6. The van der Waals surface area contributed by atoms with E-state index in [-0.39, 0.29) is 11.6 Å². The van der Waals surface area contributed by atoms with Crippen LogP contribution in [0, 0.1) is 0 Å². The lowest BCUT2D eigenvalue weighted by molar-refractivity contribution is -0.124. The number of hydrogen-bond donors (Lipinski definition) is 2. The molecule has 1 heterocycles. The van der Waals surface area contributed by atoms with Crippen LogP contribution in [0.25, 0.3) is 0 Å². The van der Waals surface area contributed by atoms with E-state index in [1.165, 1.54) is 16.9 Å². The van der Waals surface area contributed by atoms with Crippen LogP contribution >= 0.6 is 0 Å². The zero-order valence-corrected chi connectivity index (χ0v) is 15.8. The molecule has 2 rings (SSSR count). The molecule has 2 N–H and O–H groups in total. The largest absolute Gasteiger partial charge is 0.490 e. The Morgan fingerprint density at radius 1 is 1.19 bits per heavy atom. The van der Waals surface area contributed by atoms with Gasteiger partial charge in [0.05, 0.1) is 13.2 Å². The van der Waals surface area contributed by atoms with E-state index in [4.69, 9.17) is 14.6 Å². The first-order valence-electron chi connectivity index (χ1n) is 8.90. The van der Waals surface area contributed by atoms with E-state index >= 15 is 0 Å². The van der Waals surface area contributed by atoms with Crippen molar-refractivity contribution in [3.63, 3.8) is 0 Å². The van der Waals surface area contributed by atoms with Crippen LogP contribution in [0.3, 0.4) is 0 Å². The number of nitrogens with one attached hydrogen (secondary N) is 1. The summed E-state index contributed by atoms with van der Waals surface area (Å²) in [7, 11) is 0. The van der Waals surface area contributed by atoms with E-state index in [0.717, 1.165) is 5.56 Å². The Morgan fingerprint density at radius 3 is 2.52 bits per heavy atom. The molecule has 0 aliphatic rings. The molecule has 2 aromatic rings. The molecular formula is C19H25N3O5. The van der Waals surface area contributed by atoms with Gasteiger partial charge in [0.1, 0.15) is 6.04 Å². The third-order valence-electron chi connectivity index (χ3n) is 3.92. The third-order valence-corrected chi connectivity index (χ3v) is 3.92. The maximum absolute atomic E-state index is 12.3. The van der Waals surface area contributed by atoms with Crippen LogP contribution in [0.4, 0.5) is 0 Å². The van der Waals surface area contributed by atoms with E-state index in [2.05, 4.69) is 10.4 Å². The van der Waals surface area contributed by atoms with Gasteiger partial charge in [-0.05, 0) is 51.0 Å². The van der Waals surface area contributed by atoms with Gasteiger partial charge in [-0.3, -0.25) is 9.48 Å². The number of aromatic nitrogens is 2. The average molecular weight is 375 g/mol. The number of ether oxygens (including phenoxy) is 2. The first-order chi connectivity index (χ1) is 13.0. The number of aromatic carboxylic acids is 1. The van der Waals surface area contributed by atoms with Crippen LogP contribution < -0.4 is 14.8 Å². The van der Waals surface area contributed by atoms with Gasteiger partial charge in [0.15, 0.2) is 17.2 Å². The summed E-state index contributed by atoms with van der Waals surface area (Å²) in [6.45, 7) is 7.03. The number of benzene rings is 1. The van der Waals surface area contributed by atoms with Crippen molar-refractivity contribution in [3.05, 3.63) is 41.7 Å². The van der Waals surface area contributed by atoms with Crippen molar-refractivity contribution >= 4 is 11.9 Å². The Labute approximate surface area is 158 Å². The summed E-state index contributed by atoms with van der Waals surface area (Å²) in [5.74, 6) is 0.0379. The van der Waals surface area contributed by atoms with Crippen molar-refractivity contribution in [2.75, 3.05) is 19.8 Å². The second-order valence-electron chi connectivity index (χ2n) is 5.85. The normalized spacial score (nSPS) is 11.7. The molecule has 0 saturated carbocycles. The minimum absolute atomic E-state index is 0.0903. The number of rotatable bonds is 10. The Morgan fingerprint density at radius 2 is 1.89 bits per heavy atom. The summed E-state index contributed by atoms with van der Waals surface area (Å²) in [5.41, 5.74) is 0.926. The molecule has 8 nitrogen and oxygen atoms in total. The Balaban J connectivity index is 1.91. The van der Waals surface area contributed by atoms with Crippen molar-refractivity contribution < 1.29 is 24.2 Å². The average Bonchev–Trinajstić information content (AvgIpc) is 3.14. The number of carbonyl (C=O) groups is 2. The molecule has 1 unspecified atom stereocenters. The van der Waals surface area contributed by atoms with Gasteiger partial charge in [0.25, 0.3) is 0 Å². The van der Waals surface area contributed by atoms with Crippen LogP contribution in [0.2, 0.25) is 0 Å². The highest BCUT2D eigenvalue weighted by molar-refractivity contribution is 5.85. The minimum atomic E-state index is -1.12. The second kappa shape index (κ2) is 9.61. The lowest BCUT2D eigenvalue weighted by Crippen LogP contribution is -2.32. The Bertz CT molecular complexity index is 787. The number of hydrogen-bond acceptors (Lipinski definition) is 5. The number of carboxylic acids is 1. The summed E-state index contributed by atoms with van der Waals surface area (Å²) in [4.78, 5) is 23.1. The molecule has 8 heteroatoms. The van der Waals surface area contributed by atoms with Gasteiger partial charge in [-0.2, -0.15) is 5.10 Å². The number of carbonyl (C=O) groups excluding carboxylic acids is 1. The monoisotopic (exact) mass is 375 g/mol.